The molecular formula is C17H21N7. The minimum atomic E-state index is 0.521. The number of fused-ring (bicyclic) bond motifs is 1. The van der Waals surface area contributed by atoms with E-state index in [1.807, 2.05) is 25.4 Å². The molecule has 0 saturated heterocycles. The van der Waals surface area contributed by atoms with Crippen molar-refractivity contribution in [1.82, 2.24) is 29.7 Å². The standard InChI is InChI=1S/C17H21N7/c1-12-7-8-14-16(22-12)17(20-10-19-14)18-9-15-23-21-11-24(15)13-5-3-2-4-6-13/h7-8,10-11,13H,2-6,9H2,1H3,(H,18,19,20). The van der Waals surface area contributed by atoms with Crippen molar-refractivity contribution in [2.24, 2.45) is 0 Å². The van der Waals surface area contributed by atoms with E-state index in [9.17, 15) is 0 Å². The first kappa shape index (κ1) is 15.0. The highest BCUT2D eigenvalue weighted by atomic mass is 15.3. The highest BCUT2D eigenvalue weighted by Gasteiger charge is 2.18. The maximum absolute atomic E-state index is 4.56. The molecule has 1 aliphatic carbocycles. The summed E-state index contributed by atoms with van der Waals surface area (Å²) in [6.07, 6.45) is 9.75. The van der Waals surface area contributed by atoms with Crippen LogP contribution in [0.2, 0.25) is 0 Å². The van der Waals surface area contributed by atoms with E-state index in [1.165, 1.54) is 32.1 Å². The van der Waals surface area contributed by atoms with Gasteiger partial charge in [0.05, 0.1) is 12.1 Å². The molecule has 0 spiro atoms. The summed E-state index contributed by atoms with van der Waals surface area (Å²) in [5, 5.41) is 11.8. The minimum Gasteiger partial charge on any atom is -0.361 e. The van der Waals surface area contributed by atoms with E-state index in [0.717, 1.165) is 28.4 Å². The van der Waals surface area contributed by atoms with Crippen molar-refractivity contribution in [2.45, 2.75) is 51.6 Å². The lowest BCUT2D eigenvalue weighted by Gasteiger charge is -2.24. The molecule has 0 atom stereocenters. The second-order valence-electron chi connectivity index (χ2n) is 6.34. The van der Waals surface area contributed by atoms with Gasteiger partial charge in [0, 0.05) is 11.7 Å². The van der Waals surface area contributed by atoms with Crippen molar-refractivity contribution in [1.29, 1.82) is 0 Å². The van der Waals surface area contributed by atoms with Gasteiger partial charge < -0.3 is 9.88 Å². The average Bonchev–Trinajstić information content (AvgIpc) is 3.09. The van der Waals surface area contributed by atoms with Gasteiger partial charge in [0.2, 0.25) is 0 Å². The monoisotopic (exact) mass is 323 g/mol. The van der Waals surface area contributed by atoms with Gasteiger partial charge in [-0.15, -0.1) is 10.2 Å². The van der Waals surface area contributed by atoms with Gasteiger partial charge in [-0.3, -0.25) is 0 Å². The first-order valence-corrected chi connectivity index (χ1v) is 8.52. The van der Waals surface area contributed by atoms with Gasteiger partial charge >= 0.3 is 0 Å². The lowest BCUT2D eigenvalue weighted by Crippen LogP contribution is -2.17. The topological polar surface area (TPSA) is 81.4 Å². The number of anilines is 1. The van der Waals surface area contributed by atoms with Crippen LogP contribution in [0.4, 0.5) is 5.82 Å². The third-order valence-electron chi connectivity index (χ3n) is 4.65. The second-order valence-corrected chi connectivity index (χ2v) is 6.34. The Morgan fingerprint density at radius 2 is 2.04 bits per heavy atom. The van der Waals surface area contributed by atoms with Gasteiger partial charge in [-0.2, -0.15) is 0 Å². The van der Waals surface area contributed by atoms with Crippen molar-refractivity contribution < 1.29 is 0 Å². The Kier molecular flexibility index (Phi) is 4.06. The van der Waals surface area contributed by atoms with E-state index in [2.05, 4.69) is 35.0 Å². The minimum absolute atomic E-state index is 0.521. The maximum Gasteiger partial charge on any atom is 0.156 e. The Hall–Kier alpha value is -2.57. The SMILES string of the molecule is Cc1ccc2ncnc(NCc3nncn3C3CCCCC3)c2n1. The summed E-state index contributed by atoms with van der Waals surface area (Å²) in [6, 6.07) is 4.45. The number of pyridine rings is 1. The molecule has 1 fully saturated rings. The van der Waals surface area contributed by atoms with E-state index in [1.54, 1.807) is 6.33 Å². The zero-order valence-electron chi connectivity index (χ0n) is 13.8. The van der Waals surface area contributed by atoms with E-state index < -0.39 is 0 Å². The Balaban J connectivity index is 1.56. The Bertz CT molecular complexity index is 836. The molecule has 4 rings (SSSR count). The summed E-state index contributed by atoms with van der Waals surface area (Å²) in [6.45, 7) is 2.55. The molecule has 24 heavy (non-hydrogen) atoms. The highest BCUT2D eigenvalue weighted by Crippen LogP contribution is 2.28. The van der Waals surface area contributed by atoms with Gasteiger partial charge in [-0.25, -0.2) is 15.0 Å². The van der Waals surface area contributed by atoms with Crippen LogP contribution in [0.25, 0.3) is 11.0 Å². The summed E-state index contributed by atoms with van der Waals surface area (Å²) >= 11 is 0. The predicted molar refractivity (Wildman–Crippen MR) is 91.5 cm³/mol. The fourth-order valence-corrected chi connectivity index (χ4v) is 3.39. The van der Waals surface area contributed by atoms with Gasteiger partial charge in [-0.1, -0.05) is 19.3 Å². The molecule has 3 aromatic rings. The van der Waals surface area contributed by atoms with Crippen LogP contribution in [0, 0.1) is 6.92 Å². The Morgan fingerprint density at radius 1 is 1.17 bits per heavy atom. The highest BCUT2D eigenvalue weighted by molar-refractivity contribution is 5.84. The maximum atomic E-state index is 4.56. The largest absolute Gasteiger partial charge is 0.361 e. The molecular weight excluding hydrogens is 302 g/mol. The van der Waals surface area contributed by atoms with Crippen LogP contribution in [0.15, 0.2) is 24.8 Å². The fourth-order valence-electron chi connectivity index (χ4n) is 3.39. The Morgan fingerprint density at radius 3 is 2.92 bits per heavy atom. The van der Waals surface area contributed by atoms with Gasteiger partial charge in [0.1, 0.15) is 18.2 Å². The number of rotatable bonds is 4. The van der Waals surface area contributed by atoms with Crippen LogP contribution in [-0.2, 0) is 6.54 Å². The molecule has 0 aromatic carbocycles. The van der Waals surface area contributed by atoms with Crippen LogP contribution in [-0.4, -0.2) is 29.7 Å². The first-order valence-electron chi connectivity index (χ1n) is 8.52. The van der Waals surface area contributed by atoms with Crippen LogP contribution in [0.1, 0.15) is 49.7 Å². The molecule has 3 aromatic heterocycles. The molecule has 124 valence electrons. The van der Waals surface area contributed by atoms with Gasteiger partial charge in [-0.05, 0) is 31.9 Å². The molecule has 7 heteroatoms. The molecule has 7 nitrogen and oxygen atoms in total. The zero-order valence-corrected chi connectivity index (χ0v) is 13.8. The van der Waals surface area contributed by atoms with E-state index in [4.69, 9.17) is 0 Å². The zero-order chi connectivity index (χ0) is 16.4. The van der Waals surface area contributed by atoms with Crippen molar-refractivity contribution in [3.05, 3.63) is 36.3 Å². The van der Waals surface area contributed by atoms with Crippen molar-refractivity contribution in [3.63, 3.8) is 0 Å². The molecule has 0 bridgehead atoms. The summed E-state index contributed by atoms with van der Waals surface area (Å²) in [7, 11) is 0. The molecule has 3 heterocycles. The lowest BCUT2D eigenvalue weighted by atomic mass is 9.95. The van der Waals surface area contributed by atoms with Crippen LogP contribution in [0.3, 0.4) is 0 Å². The van der Waals surface area contributed by atoms with Crippen LogP contribution >= 0.6 is 0 Å². The van der Waals surface area contributed by atoms with Crippen molar-refractivity contribution in [3.8, 4) is 0 Å². The normalized spacial score (nSPS) is 15.7. The van der Waals surface area contributed by atoms with E-state index in [0.29, 0.717) is 12.6 Å². The number of hydrogen-bond acceptors (Lipinski definition) is 6. The van der Waals surface area contributed by atoms with Gasteiger partial charge in [0.15, 0.2) is 11.6 Å². The average molecular weight is 323 g/mol. The van der Waals surface area contributed by atoms with E-state index >= 15 is 0 Å². The number of aryl methyl sites for hydroxylation is 1. The number of aromatic nitrogens is 6. The second kappa shape index (κ2) is 6.51. The summed E-state index contributed by atoms with van der Waals surface area (Å²) in [5.74, 6) is 1.68. The number of nitrogens with one attached hydrogen (secondary N) is 1. The molecule has 0 amide bonds. The van der Waals surface area contributed by atoms with E-state index in [-0.39, 0.29) is 0 Å². The predicted octanol–water partition coefficient (Wildman–Crippen LogP) is 3.04. The van der Waals surface area contributed by atoms with Crippen molar-refractivity contribution in [2.75, 3.05) is 5.32 Å². The Labute approximate surface area is 140 Å². The smallest absolute Gasteiger partial charge is 0.156 e. The molecule has 0 aliphatic heterocycles. The molecule has 1 saturated carbocycles. The summed E-state index contributed by atoms with van der Waals surface area (Å²) in [4.78, 5) is 13.2. The number of nitrogens with zero attached hydrogens (tertiary/aromatic N) is 6. The summed E-state index contributed by atoms with van der Waals surface area (Å²) in [5.41, 5.74) is 2.58. The van der Waals surface area contributed by atoms with Crippen molar-refractivity contribution >= 4 is 16.9 Å². The lowest BCUT2D eigenvalue weighted by molar-refractivity contribution is 0.346. The molecule has 0 unspecified atom stereocenters. The molecule has 1 N–H and O–H groups in total. The molecule has 0 radical (unpaired) electrons. The first-order chi connectivity index (χ1) is 11.8. The van der Waals surface area contributed by atoms with Gasteiger partial charge in [0.25, 0.3) is 0 Å². The van der Waals surface area contributed by atoms with Crippen LogP contribution < -0.4 is 5.32 Å². The quantitative estimate of drug-likeness (QED) is 0.795. The van der Waals surface area contributed by atoms with Crippen LogP contribution in [0.5, 0.6) is 0 Å². The fraction of sp³-hybridized carbons (Fsp3) is 0.471. The third-order valence-corrected chi connectivity index (χ3v) is 4.65. The summed E-state index contributed by atoms with van der Waals surface area (Å²) < 4.78 is 2.22. The third kappa shape index (κ3) is 2.93. The number of hydrogen-bond donors (Lipinski definition) is 1. The molecule has 1 aliphatic rings.